The number of hydrogen-bond donors (Lipinski definition) is 1. The molecular formula is C22H22N4O4S2. The van der Waals surface area contributed by atoms with Gasteiger partial charge in [-0.25, -0.2) is 13.4 Å². The number of amides is 1. The van der Waals surface area contributed by atoms with Gasteiger partial charge in [-0.15, -0.1) is 11.3 Å². The van der Waals surface area contributed by atoms with Crippen molar-refractivity contribution >= 4 is 43.9 Å². The number of nitrogens with zero attached hydrogens (tertiary/aromatic N) is 3. The van der Waals surface area contributed by atoms with Crippen LogP contribution in [0.1, 0.15) is 27.6 Å². The van der Waals surface area contributed by atoms with Gasteiger partial charge in [-0.1, -0.05) is 12.1 Å². The maximum absolute atomic E-state index is 12.8. The summed E-state index contributed by atoms with van der Waals surface area (Å²) in [5.74, 6) is -0.218. The van der Waals surface area contributed by atoms with Crippen LogP contribution in [0, 0.1) is 0 Å². The summed E-state index contributed by atoms with van der Waals surface area (Å²) in [7, 11) is -3.80. The van der Waals surface area contributed by atoms with Crippen molar-refractivity contribution in [3.05, 3.63) is 71.2 Å². The van der Waals surface area contributed by atoms with E-state index in [0.29, 0.717) is 29.9 Å². The van der Waals surface area contributed by atoms with Crippen molar-refractivity contribution < 1.29 is 18.0 Å². The number of anilines is 2. The predicted octanol–water partition coefficient (Wildman–Crippen LogP) is 3.11. The minimum absolute atomic E-state index is 0.0563. The van der Waals surface area contributed by atoms with E-state index in [9.17, 15) is 18.0 Å². The number of aromatic nitrogens is 1. The van der Waals surface area contributed by atoms with Gasteiger partial charge in [0.15, 0.2) is 10.9 Å². The first-order chi connectivity index (χ1) is 15.3. The van der Waals surface area contributed by atoms with E-state index in [1.807, 2.05) is 5.38 Å². The maximum atomic E-state index is 12.8. The van der Waals surface area contributed by atoms with Crippen LogP contribution in [0.4, 0.5) is 10.8 Å². The molecule has 0 saturated carbocycles. The summed E-state index contributed by atoms with van der Waals surface area (Å²) in [6.07, 6.45) is 1.77. The fourth-order valence-electron chi connectivity index (χ4n) is 3.42. The summed E-state index contributed by atoms with van der Waals surface area (Å²) in [5, 5.41) is 2.90. The highest BCUT2D eigenvalue weighted by atomic mass is 32.2. The standard InChI is InChI=1S/C22H22N4O4S2/c1-16(27)17-4-8-20(9-5-17)32(29,30)24-19-6-2-18(3-7-19)21(28)25-11-13-26(14-12-25)22-23-10-15-31-22/h2-10,15,24H,11-14H2,1H3. The van der Waals surface area contributed by atoms with Gasteiger partial charge in [-0.05, 0) is 43.3 Å². The number of hydrogen-bond acceptors (Lipinski definition) is 7. The van der Waals surface area contributed by atoms with Crippen LogP contribution in [0.3, 0.4) is 0 Å². The normalized spacial score (nSPS) is 14.3. The lowest BCUT2D eigenvalue weighted by molar-refractivity contribution is 0.0746. The van der Waals surface area contributed by atoms with Gasteiger partial charge in [0, 0.05) is 54.6 Å². The van der Waals surface area contributed by atoms with E-state index < -0.39 is 10.0 Å². The highest BCUT2D eigenvalue weighted by Gasteiger charge is 2.23. The number of ketones is 1. The number of thiazole rings is 1. The van der Waals surface area contributed by atoms with Gasteiger partial charge in [0.05, 0.1) is 4.90 Å². The minimum Gasteiger partial charge on any atom is -0.345 e. The fraction of sp³-hybridized carbons (Fsp3) is 0.227. The quantitative estimate of drug-likeness (QED) is 0.556. The van der Waals surface area contributed by atoms with Gasteiger partial charge in [0.1, 0.15) is 0 Å². The number of carbonyl (C=O) groups excluding carboxylic acids is 2. The Kier molecular flexibility index (Phi) is 6.24. The second kappa shape index (κ2) is 9.09. The number of carbonyl (C=O) groups is 2. The monoisotopic (exact) mass is 470 g/mol. The Morgan fingerprint density at radius 2 is 1.56 bits per heavy atom. The average molecular weight is 471 g/mol. The first kappa shape index (κ1) is 22.0. The summed E-state index contributed by atoms with van der Waals surface area (Å²) in [6, 6.07) is 12.1. The van der Waals surface area contributed by atoms with Crippen molar-refractivity contribution in [3.8, 4) is 0 Å². The van der Waals surface area contributed by atoms with Crippen molar-refractivity contribution in [1.82, 2.24) is 9.88 Å². The third-order valence-corrected chi connectivity index (χ3v) is 7.44. The van der Waals surface area contributed by atoms with Crippen LogP contribution in [0.15, 0.2) is 65.0 Å². The van der Waals surface area contributed by atoms with Crippen molar-refractivity contribution in [2.24, 2.45) is 0 Å². The molecule has 1 saturated heterocycles. The zero-order valence-corrected chi connectivity index (χ0v) is 19.0. The molecule has 0 radical (unpaired) electrons. The molecule has 0 spiro atoms. The molecule has 1 aliphatic rings. The molecular weight excluding hydrogens is 448 g/mol. The molecule has 1 aliphatic heterocycles. The van der Waals surface area contributed by atoms with Crippen molar-refractivity contribution in [3.63, 3.8) is 0 Å². The van der Waals surface area contributed by atoms with E-state index in [1.54, 1.807) is 46.7 Å². The molecule has 1 N–H and O–H groups in total. The van der Waals surface area contributed by atoms with Crippen LogP contribution in [-0.4, -0.2) is 56.2 Å². The Morgan fingerprint density at radius 3 is 2.12 bits per heavy atom. The first-order valence-corrected chi connectivity index (χ1v) is 12.4. The van der Waals surface area contributed by atoms with E-state index in [4.69, 9.17) is 0 Å². The van der Waals surface area contributed by atoms with Crippen LogP contribution < -0.4 is 9.62 Å². The van der Waals surface area contributed by atoms with Crippen LogP contribution >= 0.6 is 11.3 Å². The molecule has 10 heteroatoms. The lowest BCUT2D eigenvalue weighted by atomic mass is 10.1. The second-order valence-electron chi connectivity index (χ2n) is 7.36. The van der Waals surface area contributed by atoms with Crippen LogP contribution in [0.2, 0.25) is 0 Å². The Hall–Kier alpha value is -3.24. The van der Waals surface area contributed by atoms with E-state index >= 15 is 0 Å². The molecule has 2 aromatic carbocycles. The Labute approximate surface area is 190 Å². The lowest BCUT2D eigenvalue weighted by Gasteiger charge is -2.34. The van der Waals surface area contributed by atoms with Crippen molar-refractivity contribution in [2.75, 3.05) is 35.8 Å². The molecule has 1 aromatic heterocycles. The summed E-state index contributed by atoms with van der Waals surface area (Å²) >= 11 is 1.58. The molecule has 1 amide bonds. The molecule has 32 heavy (non-hydrogen) atoms. The molecule has 2 heterocycles. The lowest BCUT2D eigenvalue weighted by Crippen LogP contribution is -2.48. The summed E-state index contributed by atoms with van der Waals surface area (Å²) in [6.45, 7) is 4.07. The minimum atomic E-state index is -3.80. The van der Waals surface area contributed by atoms with Gasteiger partial charge >= 0.3 is 0 Å². The molecule has 4 rings (SSSR count). The highest BCUT2D eigenvalue weighted by molar-refractivity contribution is 7.92. The number of piperazine rings is 1. The third-order valence-electron chi connectivity index (χ3n) is 5.21. The molecule has 0 aliphatic carbocycles. The molecule has 3 aromatic rings. The van der Waals surface area contributed by atoms with Gasteiger partial charge in [-0.2, -0.15) is 0 Å². The Bertz CT molecular complexity index is 1200. The number of Topliss-reactive ketones (excluding diaryl/α,β-unsaturated/α-hetero) is 1. The summed E-state index contributed by atoms with van der Waals surface area (Å²) in [4.78, 5) is 32.5. The van der Waals surface area contributed by atoms with Gasteiger partial charge in [-0.3, -0.25) is 14.3 Å². The number of benzene rings is 2. The van der Waals surface area contributed by atoms with E-state index in [0.717, 1.165) is 18.2 Å². The van der Waals surface area contributed by atoms with Crippen LogP contribution in [0.25, 0.3) is 0 Å². The van der Waals surface area contributed by atoms with Crippen LogP contribution in [-0.2, 0) is 10.0 Å². The predicted molar refractivity (Wildman–Crippen MR) is 124 cm³/mol. The van der Waals surface area contributed by atoms with Crippen molar-refractivity contribution in [1.29, 1.82) is 0 Å². The molecule has 166 valence electrons. The summed E-state index contributed by atoms with van der Waals surface area (Å²) in [5.41, 5.74) is 1.30. The van der Waals surface area contributed by atoms with Gasteiger partial charge in [0.2, 0.25) is 0 Å². The Morgan fingerprint density at radius 1 is 0.938 bits per heavy atom. The second-order valence-corrected chi connectivity index (χ2v) is 9.91. The molecule has 1 fully saturated rings. The molecule has 8 nitrogen and oxygen atoms in total. The van der Waals surface area contributed by atoms with E-state index in [-0.39, 0.29) is 16.6 Å². The Balaban J connectivity index is 1.38. The number of rotatable bonds is 6. The SMILES string of the molecule is CC(=O)c1ccc(S(=O)(=O)Nc2ccc(C(=O)N3CCN(c4nccs4)CC3)cc2)cc1. The maximum Gasteiger partial charge on any atom is 0.261 e. The molecule has 0 unspecified atom stereocenters. The first-order valence-electron chi connectivity index (χ1n) is 10.0. The van der Waals surface area contributed by atoms with Crippen LogP contribution in [0.5, 0.6) is 0 Å². The molecule has 0 atom stereocenters. The number of sulfonamides is 1. The van der Waals surface area contributed by atoms with Gasteiger partial charge < -0.3 is 9.80 Å². The molecule has 0 bridgehead atoms. The smallest absolute Gasteiger partial charge is 0.261 e. The highest BCUT2D eigenvalue weighted by Crippen LogP contribution is 2.21. The number of nitrogens with one attached hydrogen (secondary N) is 1. The largest absolute Gasteiger partial charge is 0.345 e. The van der Waals surface area contributed by atoms with E-state index in [1.165, 1.54) is 31.2 Å². The fourth-order valence-corrected chi connectivity index (χ4v) is 5.17. The van der Waals surface area contributed by atoms with Gasteiger partial charge in [0.25, 0.3) is 15.9 Å². The zero-order valence-electron chi connectivity index (χ0n) is 17.4. The van der Waals surface area contributed by atoms with E-state index in [2.05, 4.69) is 14.6 Å². The van der Waals surface area contributed by atoms with Crippen molar-refractivity contribution in [2.45, 2.75) is 11.8 Å². The third kappa shape index (κ3) is 4.81. The summed E-state index contributed by atoms with van der Waals surface area (Å²) < 4.78 is 27.7. The topological polar surface area (TPSA) is 99.7 Å². The zero-order chi connectivity index (χ0) is 22.7. The average Bonchev–Trinajstić information content (AvgIpc) is 3.34.